The molecule has 4 nitrogen and oxygen atoms in total. The number of methoxy groups -OCH3 is 1. The van der Waals surface area contributed by atoms with Crippen molar-refractivity contribution in [1.29, 1.82) is 0 Å². The van der Waals surface area contributed by atoms with Crippen molar-refractivity contribution >= 4 is 17.0 Å². The molecule has 4 heteroatoms. The van der Waals surface area contributed by atoms with E-state index in [0.29, 0.717) is 5.92 Å². The summed E-state index contributed by atoms with van der Waals surface area (Å²) in [6.45, 7) is 1.02. The highest BCUT2D eigenvalue weighted by molar-refractivity contribution is 5.75. The highest BCUT2D eigenvalue weighted by atomic mass is 16.5. The van der Waals surface area contributed by atoms with Gasteiger partial charge in [-0.2, -0.15) is 0 Å². The molecule has 0 aromatic carbocycles. The third-order valence-corrected chi connectivity index (χ3v) is 4.37. The predicted molar refractivity (Wildman–Crippen MR) is 77.2 cm³/mol. The Morgan fingerprint density at radius 2 is 2.15 bits per heavy atom. The Labute approximate surface area is 118 Å². The summed E-state index contributed by atoms with van der Waals surface area (Å²) in [6.07, 6.45) is 8.04. The van der Waals surface area contributed by atoms with Gasteiger partial charge in [0.2, 0.25) is 0 Å². The van der Waals surface area contributed by atoms with E-state index in [9.17, 15) is 4.79 Å². The fourth-order valence-electron chi connectivity index (χ4n) is 3.21. The number of hydrogen-bond acceptors (Lipinski definition) is 3. The van der Waals surface area contributed by atoms with Gasteiger partial charge in [-0.3, -0.25) is 9.78 Å². The molecule has 106 valence electrons. The van der Waals surface area contributed by atoms with Crippen molar-refractivity contribution < 1.29 is 9.53 Å². The van der Waals surface area contributed by atoms with Gasteiger partial charge in [-0.05, 0) is 49.8 Å². The van der Waals surface area contributed by atoms with Crippen molar-refractivity contribution in [2.24, 2.45) is 11.8 Å². The molecule has 0 radical (unpaired) electrons. The highest BCUT2D eigenvalue weighted by Gasteiger charge is 2.27. The van der Waals surface area contributed by atoms with Gasteiger partial charge < -0.3 is 9.30 Å². The average molecular weight is 272 g/mol. The summed E-state index contributed by atoms with van der Waals surface area (Å²) in [5, 5.41) is 0. The third-order valence-electron chi connectivity index (χ3n) is 4.37. The minimum Gasteiger partial charge on any atom is -0.469 e. The smallest absolute Gasteiger partial charge is 0.308 e. The lowest BCUT2D eigenvalue weighted by molar-refractivity contribution is -0.146. The molecule has 2 aromatic rings. The number of esters is 1. The van der Waals surface area contributed by atoms with Crippen LogP contribution < -0.4 is 0 Å². The number of nitrogens with zero attached hydrogens (tertiary/aromatic N) is 2. The molecule has 2 heterocycles. The van der Waals surface area contributed by atoms with Gasteiger partial charge in [0, 0.05) is 18.9 Å². The van der Waals surface area contributed by atoms with Gasteiger partial charge >= 0.3 is 5.97 Å². The van der Waals surface area contributed by atoms with Gasteiger partial charge in [0.05, 0.1) is 24.1 Å². The highest BCUT2D eigenvalue weighted by Crippen LogP contribution is 2.31. The van der Waals surface area contributed by atoms with Crippen LogP contribution in [0.25, 0.3) is 11.0 Å². The third kappa shape index (κ3) is 2.55. The second kappa shape index (κ2) is 5.65. The molecule has 0 spiro atoms. The van der Waals surface area contributed by atoms with Gasteiger partial charge in [-0.25, -0.2) is 0 Å². The van der Waals surface area contributed by atoms with E-state index in [4.69, 9.17) is 4.74 Å². The maximum atomic E-state index is 11.5. The van der Waals surface area contributed by atoms with E-state index in [1.54, 1.807) is 0 Å². The molecule has 1 aliphatic carbocycles. The summed E-state index contributed by atoms with van der Waals surface area (Å²) < 4.78 is 7.12. The second-order valence-electron chi connectivity index (χ2n) is 5.62. The van der Waals surface area contributed by atoms with Crippen LogP contribution in [-0.4, -0.2) is 22.6 Å². The first-order valence-electron chi connectivity index (χ1n) is 7.25. The molecule has 3 rings (SSSR count). The zero-order valence-electron chi connectivity index (χ0n) is 11.8. The zero-order chi connectivity index (χ0) is 13.9. The van der Waals surface area contributed by atoms with Crippen LogP contribution >= 0.6 is 0 Å². The Morgan fingerprint density at radius 1 is 1.35 bits per heavy atom. The lowest BCUT2D eigenvalue weighted by atomic mass is 9.82. The Morgan fingerprint density at radius 3 is 2.90 bits per heavy atom. The maximum Gasteiger partial charge on any atom is 0.308 e. The van der Waals surface area contributed by atoms with E-state index in [1.807, 2.05) is 12.3 Å². The molecule has 0 N–H and O–H groups in total. The number of rotatable bonds is 3. The van der Waals surface area contributed by atoms with Crippen molar-refractivity contribution in [3.05, 3.63) is 30.6 Å². The molecule has 1 aliphatic rings. The van der Waals surface area contributed by atoms with Crippen LogP contribution in [0.15, 0.2) is 30.6 Å². The van der Waals surface area contributed by atoms with Crippen molar-refractivity contribution in [3.63, 3.8) is 0 Å². The van der Waals surface area contributed by atoms with Crippen LogP contribution in [0.2, 0.25) is 0 Å². The molecule has 1 saturated carbocycles. The van der Waals surface area contributed by atoms with E-state index < -0.39 is 0 Å². The second-order valence-corrected chi connectivity index (χ2v) is 5.62. The number of ether oxygens (including phenoxy) is 1. The van der Waals surface area contributed by atoms with E-state index >= 15 is 0 Å². The quantitative estimate of drug-likeness (QED) is 0.807. The first-order valence-corrected chi connectivity index (χ1v) is 7.25. The normalized spacial score (nSPS) is 22.9. The van der Waals surface area contributed by atoms with Gasteiger partial charge in [0.15, 0.2) is 0 Å². The lowest BCUT2D eigenvalue weighted by Gasteiger charge is -2.27. The summed E-state index contributed by atoms with van der Waals surface area (Å²) in [7, 11) is 1.48. The molecule has 0 saturated heterocycles. The summed E-state index contributed by atoms with van der Waals surface area (Å²) in [4.78, 5) is 15.9. The molecule has 2 aromatic heterocycles. The summed E-state index contributed by atoms with van der Waals surface area (Å²) >= 11 is 0. The van der Waals surface area contributed by atoms with Crippen LogP contribution in [0.3, 0.4) is 0 Å². The monoisotopic (exact) mass is 272 g/mol. The maximum absolute atomic E-state index is 11.5. The van der Waals surface area contributed by atoms with Crippen LogP contribution in [0.4, 0.5) is 0 Å². The van der Waals surface area contributed by atoms with Gasteiger partial charge in [-0.15, -0.1) is 0 Å². The Balaban J connectivity index is 1.64. The zero-order valence-corrected chi connectivity index (χ0v) is 11.8. The molecular formula is C16H20N2O2. The number of carbonyl (C=O) groups is 1. The number of fused-ring (bicyclic) bond motifs is 1. The van der Waals surface area contributed by atoms with Crippen LogP contribution in [0.1, 0.15) is 25.7 Å². The number of aromatic nitrogens is 2. The lowest BCUT2D eigenvalue weighted by Crippen LogP contribution is -2.24. The van der Waals surface area contributed by atoms with Gasteiger partial charge in [-0.1, -0.05) is 0 Å². The van der Waals surface area contributed by atoms with Gasteiger partial charge in [0.1, 0.15) is 0 Å². The Bertz CT molecular complexity index is 597. The van der Waals surface area contributed by atoms with Crippen LogP contribution in [0, 0.1) is 11.8 Å². The molecule has 1 fully saturated rings. The molecular weight excluding hydrogens is 252 g/mol. The van der Waals surface area contributed by atoms with Crippen molar-refractivity contribution in [2.45, 2.75) is 32.2 Å². The number of pyridine rings is 1. The Hall–Kier alpha value is -1.84. The summed E-state index contributed by atoms with van der Waals surface area (Å²) in [5.74, 6) is 0.713. The number of hydrogen-bond donors (Lipinski definition) is 0. The minimum absolute atomic E-state index is 0.0425. The van der Waals surface area contributed by atoms with Crippen LogP contribution in [0.5, 0.6) is 0 Å². The van der Waals surface area contributed by atoms with E-state index in [1.165, 1.54) is 12.6 Å². The average Bonchev–Trinajstić information content (AvgIpc) is 2.91. The molecule has 0 amide bonds. The van der Waals surface area contributed by atoms with Crippen molar-refractivity contribution in [2.75, 3.05) is 7.11 Å². The first kappa shape index (κ1) is 13.2. The van der Waals surface area contributed by atoms with E-state index in [-0.39, 0.29) is 11.9 Å². The summed E-state index contributed by atoms with van der Waals surface area (Å²) in [6, 6.07) is 6.16. The molecule has 0 bridgehead atoms. The largest absolute Gasteiger partial charge is 0.469 e. The number of carbonyl (C=O) groups excluding carboxylic acids is 1. The minimum atomic E-state index is -0.0425. The molecule has 20 heavy (non-hydrogen) atoms. The SMILES string of the molecule is COC(=O)C1CCC(Cn2ccc3ncccc32)CC1. The summed E-state index contributed by atoms with van der Waals surface area (Å²) in [5.41, 5.74) is 2.25. The van der Waals surface area contributed by atoms with Crippen molar-refractivity contribution in [1.82, 2.24) is 9.55 Å². The standard InChI is InChI=1S/C16H20N2O2/c1-20-16(19)13-6-4-12(5-7-13)11-18-10-8-14-15(18)3-2-9-17-14/h2-3,8-10,12-13H,4-7,11H2,1H3. The van der Waals surface area contributed by atoms with Crippen LogP contribution in [-0.2, 0) is 16.1 Å². The Kier molecular flexibility index (Phi) is 3.72. The van der Waals surface area contributed by atoms with E-state index in [2.05, 4.69) is 27.9 Å². The van der Waals surface area contributed by atoms with Crippen molar-refractivity contribution in [3.8, 4) is 0 Å². The fraction of sp³-hybridized carbons (Fsp3) is 0.500. The fourth-order valence-corrected chi connectivity index (χ4v) is 3.21. The molecule has 0 atom stereocenters. The first-order chi connectivity index (χ1) is 9.78. The van der Waals surface area contributed by atoms with Gasteiger partial charge in [0.25, 0.3) is 0 Å². The topological polar surface area (TPSA) is 44.1 Å². The predicted octanol–water partition coefficient (Wildman–Crippen LogP) is 3.02. The van der Waals surface area contributed by atoms with E-state index in [0.717, 1.165) is 37.7 Å². The molecule has 0 aliphatic heterocycles. The molecule has 0 unspecified atom stereocenters.